The average molecular weight is 305 g/mol. The summed E-state index contributed by atoms with van der Waals surface area (Å²) >= 11 is 5.94. The van der Waals surface area contributed by atoms with Crippen molar-refractivity contribution in [3.05, 3.63) is 40.4 Å². The van der Waals surface area contributed by atoms with Gasteiger partial charge in [-0.15, -0.1) is 0 Å². The first kappa shape index (κ1) is 13.6. The first-order valence-electron chi connectivity index (χ1n) is 6.31. The van der Waals surface area contributed by atoms with Crippen molar-refractivity contribution in [1.82, 2.24) is 30.3 Å². The highest BCUT2D eigenvalue weighted by atomic mass is 35.5. The van der Waals surface area contributed by atoms with E-state index in [0.29, 0.717) is 28.8 Å². The fraction of sp³-hybridized carbons (Fsp3) is 0.231. The number of nitrogens with zero attached hydrogens (tertiary/aromatic N) is 4. The summed E-state index contributed by atoms with van der Waals surface area (Å²) in [5.74, 6) is 0.476. The van der Waals surface area contributed by atoms with Crippen LogP contribution in [0.5, 0.6) is 0 Å². The third kappa shape index (κ3) is 2.59. The van der Waals surface area contributed by atoms with Gasteiger partial charge in [0.1, 0.15) is 5.82 Å². The lowest BCUT2D eigenvalue weighted by molar-refractivity contribution is 0.0775. The molecule has 0 radical (unpaired) electrons. The molecule has 1 aromatic carbocycles. The topological polar surface area (TPSA) is 90.6 Å². The highest BCUT2D eigenvalue weighted by molar-refractivity contribution is 6.31. The Morgan fingerprint density at radius 1 is 1.38 bits per heavy atom. The highest BCUT2D eigenvalue weighted by Crippen LogP contribution is 2.18. The molecule has 0 spiro atoms. The second-order valence-electron chi connectivity index (χ2n) is 4.76. The summed E-state index contributed by atoms with van der Waals surface area (Å²) in [6, 6.07) is 5.42. The van der Waals surface area contributed by atoms with E-state index in [0.717, 1.165) is 11.0 Å². The Kier molecular flexibility index (Phi) is 3.34. The van der Waals surface area contributed by atoms with Crippen LogP contribution >= 0.6 is 11.6 Å². The molecule has 108 valence electrons. The quantitative estimate of drug-likeness (QED) is 0.773. The number of carbonyl (C=O) groups is 1. The van der Waals surface area contributed by atoms with Crippen LogP contribution < -0.4 is 0 Å². The molecule has 3 aromatic rings. The Hall–Kier alpha value is -2.41. The lowest BCUT2D eigenvalue weighted by Gasteiger charge is -2.14. The van der Waals surface area contributed by atoms with Crippen LogP contribution in [0.3, 0.4) is 0 Å². The number of aryl methyl sites for hydroxylation is 1. The molecule has 0 aliphatic rings. The van der Waals surface area contributed by atoms with Gasteiger partial charge in [0.05, 0.1) is 23.3 Å². The van der Waals surface area contributed by atoms with Gasteiger partial charge in [-0.25, -0.2) is 4.98 Å². The molecule has 0 atom stereocenters. The largest absolute Gasteiger partial charge is 0.340 e. The third-order valence-electron chi connectivity index (χ3n) is 3.15. The Balaban J connectivity index is 1.81. The van der Waals surface area contributed by atoms with E-state index >= 15 is 0 Å². The summed E-state index contributed by atoms with van der Waals surface area (Å²) in [5.41, 5.74) is 2.55. The number of imidazole rings is 1. The van der Waals surface area contributed by atoms with Gasteiger partial charge in [0.15, 0.2) is 5.69 Å². The zero-order valence-corrected chi connectivity index (χ0v) is 12.3. The van der Waals surface area contributed by atoms with Crippen LogP contribution in [0.4, 0.5) is 0 Å². The zero-order valence-electron chi connectivity index (χ0n) is 11.5. The average Bonchev–Trinajstić information content (AvgIpc) is 3.03. The molecule has 0 aliphatic heterocycles. The number of aromatic nitrogens is 5. The minimum Gasteiger partial charge on any atom is -0.340 e. The van der Waals surface area contributed by atoms with Gasteiger partial charge in [0.25, 0.3) is 5.91 Å². The van der Waals surface area contributed by atoms with Gasteiger partial charge in [0.2, 0.25) is 0 Å². The van der Waals surface area contributed by atoms with E-state index < -0.39 is 0 Å². The summed E-state index contributed by atoms with van der Waals surface area (Å²) in [4.78, 5) is 21.3. The number of carbonyl (C=O) groups excluding carboxylic acids is 1. The minimum atomic E-state index is -0.209. The highest BCUT2D eigenvalue weighted by Gasteiger charge is 2.19. The molecule has 1 amide bonds. The molecular weight excluding hydrogens is 292 g/mol. The smallest absolute Gasteiger partial charge is 0.276 e. The number of halogens is 1. The number of H-pyrrole nitrogens is 2. The van der Waals surface area contributed by atoms with E-state index in [1.165, 1.54) is 4.90 Å². The number of aromatic amines is 2. The van der Waals surface area contributed by atoms with Crippen LogP contribution in [-0.2, 0) is 6.54 Å². The number of amides is 1. The van der Waals surface area contributed by atoms with Crippen molar-refractivity contribution in [2.24, 2.45) is 0 Å². The van der Waals surface area contributed by atoms with Crippen LogP contribution in [0.1, 0.15) is 22.0 Å². The van der Waals surface area contributed by atoms with Crippen LogP contribution in [0.2, 0.25) is 5.02 Å². The van der Waals surface area contributed by atoms with E-state index in [-0.39, 0.29) is 5.91 Å². The molecule has 21 heavy (non-hydrogen) atoms. The monoisotopic (exact) mass is 304 g/mol. The number of rotatable bonds is 3. The first-order chi connectivity index (χ1) is 10.0. The molecule has 0 saturated heterocycles. The van der Waals surface area contributed by atoms with Crippen molar-refractivity contribution in [3.8, 4) is 0 Å². The van der Waals surface area contributed by atoms with Crippen molar-refractivity contribution in [2.75, 3.05) is 7.05 Å². The summed E-state index contributed by atoms with van der Waals surface area (Å²) in [6.07, 6.45) is 0. The molecular formula is C13H13ClN6O. The maximum absolute atomic E-state index is 12.2. The van der Waals surface area contributed by atoms with Crippen LogP contribution in [-0.4, -0.2) is 43.2 Å². The van der Waals surface area contributed by atoms with Crippen molar-refractivity contribution in [3.63, 3.8) is 0 Å². The fourth-order valence-electron chi connectivity index (χ4n) is 2.07. The Labute approximate surface area is 125 Å². The lowest BCUT2D eigenvalue weighted by atomic mass is 10.3. The van der Waals surface area contributed by atoms with Crippen molar-refractivity contribution >= 4 is 28.5 Å². The van der Waals surface area contributed by atoms with Gasteiger partial charge in [-0.05, 0) is 25.1 Å². The van der Waals surface area contributed by atoms with Crippen molar-refractivity contribution in [1.29, 1.82) is 0 Å². The SMILES string of the molecule is Cc1n[nH]nc1C(=O)N(C)Cc1nc2ccc(Cl)cc2[nH]1. The van der Waals surface area contributed by atoms with Crippen LogP contribution in [0.15, 0.2) is 18.2 Å². The summed E-state index contributed by atoms with van der Waals surface area (Å²) in [6.45, 7) is 2.07. The van der Waals surface area contributed by atoms with Gasteiger partial charge >= 0.3 is 0 Å². The molecule has 2 N–H and O–H groups in total. The minimum absolute atomic E-state index is 0.209. The summed E-state index contributed by atoms with van der Waals surface area (Å²) in [5, 5.41) is 10.8. The normalized spacial score (nSPS) is 11.0. The Morgan fingerprint density at radius 2 is 2.19 bits per heavy atom. The standard InChI is InChI=1S/C13H13ClN6O/c1-7-12(18-19-17-7)13(21)20(2)6-11-15-9-4-3-8(14)5-10(9)16-11/h3-5H,6H2,1-2H3,(H,15,16)(H,17,18,19). The van der Waals surface area contributed by atoms with Gasteiger partial charge < -0.3 is 9.88 Å². The van der Waals surface area contributed by atoms with E-state index in [4.69, 9.17) is 11.6 Å². The molecule has 2 aromatic heterocycles. The van der Waals surface area contributed by atoms with E-state index in [2.05, 4.69) is 25.4 Å². The van der Waals surface area contributed by atoms with Gasteiger partial charge in [0, 0.05) is 12.1 Å². The molecule has 0 bridgehead atoms. The Morgan fingerprint density at radius 3 is 2.90 bits per heavy atom. The summed E-state index contributed by atoms with van der Waals surface area (Å²) < 4.78 is 0. The Bertz CT molecular complexity index is 808. The van der Waals surface area contributed by atoms with E-state index in [1.807, 2.05) is 6.07 Å². The number of fused-ring (bicyclic) bond motifs is 1. The molecule has 7 nitrogen and oxygen atoms in total. The summed E-state index contributed by atoms with van der Waals surface area (Å²) in [7, 11) is 1.69. The molecule has 0 aliphatic carbocycles. The van der Waals surface area contributed by atoms with E-state index in [9.17, 15) is 4.79 Å². The fourth-order valence-corrected chi connectivity index (χ4v) is 2.25. The predicted octanol–water partition coefficient (Wildman–Crippen LogP) is 1.92. The van der Waals surface area contributed by atoms with Crippen molar-refractivity contribution in [2.45, 2.75) is 13.5 Å². The molecule has 8 heteroatoms. The number of hydrogen-bond donors (Lipinski definition) is 2. The molecule has 2 heterocycles. The van der Waals surface area contributed by atoms with Gasteiger partial charge in [-0.2, -0.15) is 15.4 Å². The number of nitrogens with one attached hydrogen (secondary N) is 2. The van der Waals surface area contributed by atoms with Gasteiger partial charge in [-0.1, -0.05) is 11.6 Å². The van der Waals surface area contributed by atoms with Gasteiger partial charge in [-0.3, -0.25) is 4.79 Å². The molecule has 0 unspecified atom stereocenters. The van der Waals surface area contributed by atoms with E-state index in [1.54, 1.807) is 26.1 Å². The number of hydrogen-bond acceptors (Lipinski definition) is 4. The molecule has 3 rings (SSSR count). The number of benzene rings is 1. The second kappa shape index (κ2) is 5.17. The van der Waals surface area contributed by atoms with Crippen LogP contribution in [0, 0.1) is 6.92 Å². The van der Waals surface area contributed by atoms with Crippen molar-refractivity contribution < 1.29 is 4.79 Å². The first-order valence-corrected chi connectivity index (χ1v) is 6.69. The second-order valence-corrected chi connectivity index (χ2v) is 5.20. The molecule has 0 fully saturated rings. The third-order valence-corrected chi connectivity index (χ3v) is 3.39. The lowest BCUT2D eigenvalue weighted by Crippen LogP contribution is -2.27. The zero-order chi connectivity index (χ0) is 15.0. The maximum atomic E-state index is 12.2. The predicted molar refractivity (Wildman–Crippen MR) is 78.0 cm³/mol. The van der Waals surface area contributed by atoms with Crippen LogP contribution in [0.25, 0.3) is 11.0 Å². The molecule has 0 saturated carbocycles. The maximum Gasteiger partial charge on any atom is 0.276 e.